The van der Waals surface area contributed by atoms with Crippen LogP contribution in [0, 0.1) is 0 Å². The number of aromatic nitrogens is 1. The molecule has 1 aromatic carbocycles. The van der Waals surface area contributed by atoms with Gasteiger partial charge in [-0.05, 0) is 32.0 Å². The van der Waals surface area contributed by atoms with Crippen molar-refractivity contribution in [3.63, 3.8) is 0 Å². The van der Waals surface area contributed by atoms with E-state index in [0.717, 1.165) is 0 Å². The third-order valence-electron chi connectivity index (χ3n) is 3.40. The maximum Gasteiger partial charge on any atom is 0.345 e. The number of rotatable bonds is 6. The monoisotopic (exact) mass is 367 g/mol. The molecule has 0 aliphatic carbocycles. The van der Waals surface area contributed by atoms with Crippen molar-refractivity contribution in [1.29, 1.82) is 0 Å². The Bertz CT molecular complexity index is 945. The molecule has 1 aromatic heterocycles. The van der Waals surface area contributed by atoms with Gasteiger partial charge in [0.15, 0.2) is 11.5 Å². The number of allylic oxidation sites excluding steroid dienone is 2. The van der Waals surface area contributed by atoms with E-state index in [1.807, 2.05) is 0 Å². The van der Waals surface area contributed by atoms with Crippen molar-refractivity contribution in [2.24, 2.45) is 0 Å². The maximum atomic E-state index is 12.3. The van der Waals surface area contributed by atoms with E-state index in [1.54, 1.807) is 6.07 Å². The van der Waals surface area contributed by atoms with Crippen LogP contribution in [0.5, 0.6) is 17.5 Å². The number of aromatic hydroxyl groups is 1. The fourth-order valence-corrected chi connectivity index (χ4v) is 1.98. The SMILES string of the molecule is C=CC=C(C)C(=O)Oc1ccc(O)c(OC(=O)c2cccc(C(C)=O)c2)n1. The van der Waals surface area contributed by atoms with Gasteiger partial charge in [0.1, 0.15) is 0 Å². The van der Waals surface area contributed by atoms with Crippen LogP contribution in [0.1, 0.15) is 34.6 Å². The van der Waals surface area contributed by atoms with E-state index < -0.39 is 23.6 Å². The summed E-state index contributed by atoms with van der Waals surface area (Å²) >= 11 is 0. The molecular weight excluding hydrogens is 350 g/mol. The lowest BCUT2D eigenvalue weighted by molar-refractivity contribution is -0.130. The van der Waals surface area contributed by atoms with Crippen LogP contribution in [0.3, 0.4) is 0 Å². The van der Waals surface area contributed by atoms with Gasteiger partial charge in [-0.1, -0.05) is 30.9 Å². The highest BCUT2D eigenvalue weighted by Crippen LogP contribution is 2.27. The van der Waals surface area contributed by atoms with Gasteiger partial charge in [0.05, 0.1) is 5.56 Å². The molecule has 138 valence electrons. The second-order valence-corrected chi connectivity index (χ2v) is 5.48. The van der Waals surface area contributed by atoms with Gasteiger partial charge in [0, 0.05) is 17.2 Å². The Hall–Kier alpha value is -3.74. The summed E-state index contributed by atoms with van der Waals surface area (Å²) in [5, 5.41) is 9.84. The fraction of sp³-hybridized carbons (Fsp3) is 0.100. The van der Waals surface area contributed by atoms with E-state index in [-0.39, 0.29) is 17.2 Å². The number of esters is 2. The normalized spacial score (nSPS) is 10.8. The van der Waals surface area contributed by atoms with Gasteiger partial charge in [-0.25, -0.2) is 9.59 Å². The quantitative estimate of drug-likeness (QED) is 0.362. The van der Waals surface area contributed by atoms with Crippen LogP contribution in [0.15, 0.2) is 60.7 Å². The van der Waals surface area contributed by atoms with Gasteiger partial charge in [-0.15, -0.1) is 0 Å². The molecule has 0 atom stereocenters. The van der Waals surface area contributed by atoms with Crippen LogP contribution in [0.4, 0.5) is 0 Å². The van der Waals surface area contributed by atoms with Crippen LogP contribution in [-0.4, -0.2) is 27.8 Å². The lowest BCUT2D eigenvalue weighted by atomic mass is 10.1. The van der Waals surface area contributed by atoms with Crippen molar-refractivity contribution in [3.05, 3.63) is 71.8 Å². The van der Waals surface area contributed by atoms with Crippen LogP contribution in [-0.2, 0) is 4.79 Å². The average molecular weight is 367 g/mol. The summed E-state index contributed by atoms with van der Waals surface area (Å²) in [7, 11) is 0. The Balaban J connectivity index is 2.21. The summed E-state index contributed by atoms with van der Waals surface area (Å²) in [4.78, 5) is 39.4. The van der Waals surface area contributed by atoms with Gasteiger partial charge in [-0.2, -0.15) is 4.98 Å². The second kappa shape index (κ2) is 8.57. The molecule has 0 amide bonds. The second-order valence-electron chi connectivity index (χ2n) is 5.48. The van der Waals surface area contributed by atoms with E-state index in [2.05, 4.69) is 11.6 Å². The van der Waals surface area contributed by atoms with Gasteiger partial charge in [0.2, 0.25) is 5.88 Å². The van der Waals surface area contributed by atoms with Gasteiger partial charge in [-0.3, -0.25) is 4.79 Å². The average Bonchev–Trinajstić information content (AvgIpc) is 2.64. The van der Waals surface area contributed by atoms with E-state index in [9.17, 15) is 19.5 Å². The first-order chi connectivity index (χ1) is 12.8. The largest absolute Gasteiger partial charge is 0.503 e. The standard InChI is InChI=1S/C20H17NO6/c1-4-6-12(2)19(24)26-17-10-9-16(23)18(21-17)27-20(25)15-8-5-7-14(11-15)13(3)22/h4-11,23H,1H2,2-3H3. The zero-order chi connectivity index (χ0) is 20.0. The third kappa shape index (κ3) is 5.12. The van der Waals surface area contributed by atoms with Crippen LogP contribution in [0.2, 0.25) is 0 Å². The highest BCUT2D eigenvalue weighted by Gasteiger charge is 2.16. The van der Waals surface area contributed by atoms with Crippen molar-refractivity contribution < 1.29 is 29.0 Å². The molecule has 2 rings (SSSR count). The first-order valence-electron chi connectivity index (χ1n) is 7.86. The first-order valence-corrected chi connectivity index (χ1v) is 7.86. The minimum absolute atomic E-state index is 0.107. The number of hydrogen-bond donors (Lipinski definition) is 1. The van der Waals surface area contributed by atoms with Crippen LogP contribution in [0.25, 0.3) is 0 Å². The van der Waals surface area contributed by atoms with E-state index >= 15 is 0 Å². The summed E-state index contributed by atoms with van der Waals surface area (Å²) < 4.78 is 10.1. The van der Waals surface area contributed by atoms with Crippen LogP contribution < -0.4 is 9.47 Å². The number of hydrogen-bond acceptors (Lipinski definition) is 7. The molecule has 0 radical (unpaired) electrons. The lowest BCUT2D eigenvalue weighted by Crippen LogP contribution is -2.13. The summed E-state index contributed by atoms with van der Waals surface area (Å²) in [5.41, 5.74) is 0.740. The highest BCUT2D eigenvalue weighted by atomic mass is 16.6. The van der Waals surface area contributed by atoms with E-state index in [1.165, 1.54) is 56.3 Å². The molecule has 0 fully saturated rings. The smallest absolute Gasteiger partial charge is 0.345 e. The van der Waals surface area contributed by atoms with E-state index in [4.69, 9.17) is 9.47 Å². The molecule has 27 heavy (non-hydrogen) atoms. The molecule has 0 aliphatic heterocycles. The number of carbonyl (C=O) groups is 3. The van der Waals surface area contributed by atoms with Gasteiger partial charge in [0.25, 0.3) is 5.88 Å². The topological polar surface area (TPSA) is 103 Å². The van der Waals surface area contributed by atoms with Gasteiger partial charge >= 0.3 is 11.9 Å². The minimum atomic E-state index is -0.827. The van der Waals surface area contributed by atoms with Crippen molar-refractivity contribution in [1.82, 2.24) is 4.98 Å². The summed E-state index contributed by atoms with van der Waals surface area (Å²) in [5.74, 6) is -2.70. The van der Waals surface area contributed by atoms with E-state index in [0.29, 0.717) is 11.1 Å². The Morgan fingerprint density at radius 2 is 1.78 bits per heavy atom. The van der Waals surface area contributed by atoms with Crippen molar-refractivity contribution in [3.8, 4) is 17.5 Å². The molecule has 7 nitrogen and oxygen atoms in total. The third-order valence-corrected chi connectivity index (χ3v) is 3.40. The fourth-order valence-electron chi connectivity index (χ4n) is 1.98. The number of ketones is 1. The molecule has 0 saturated heterocycles. The Morgan fingerprint density at radius 3 is 2.44 bits per heavy atom. The van der Waals surface area contributed by atoms with Crippen LogP contribution >= 0.6 is 0 Å². The molecule has 2 aromatic rings. The number of nitrogens with zero attached hydrogens (tertiary/aromatic N) is 1. The van der Waals surface area contributed by atoms with Crippen molar-refractivity contribution in [2.75, 3.05) is 0 Å². The minimum Gasteiger partial charge on any atom is -0.503 e. The highest BCUT2D eigenvalue weighted by molar-refractivity contribution is 5.98. The maximum absolute atomic E-state index is 12.3. The molecule has 1 N–H and O–H groups in total. The summed E-state index contributed by atoms with van der Waals surface area (Å²) in [6.07, 6.45) is 2.90. The predicted molar refractivity (Wildman–Crippen MR) is 96.9 cm³/mol. The van der Waals surface area contributed by atoms with Crippen molar-refractivity contribution >= 4 is 17.7 Å². The molecule has 0 saturated carbocycles. The zero-order valence-electron chi connectivity index (χ0n) is 14.8. The molecule has 0 aliphatic rings. The molecule has 0 spiro atoms. The first kappa shape index (κ1) is 19.6. The number of benzene rings is 1. The zero-order valence-corrected chi connectivity index (χ0v) is 14.8. The lowest BCUT2D eigenvalue weighted by Gasteiger charge is -2.08. The van der Waals surface area contributed by atoms with Crippen molar-refractivity contribution in [2.45, 2.75) is 13.8 Å². The Kier molecular flexibility index (Phi) is 6.22. The molecule has 1 heterocycles. The number of pyridine rings is 1. The molecule has 0 unspecified atom stereocenters. The number of carbonyl (C=O) groups excluding carboxylic acids is 3. The Labute approximate surface area is 155 Å². The number of ether oxygens (including phenoxy) is 2. The number of Topliss-reactive ketones (excluding diaryl/α,β-unsaturated/α-hetero) is 1. The van der Waals surface area contributed by atoms with Gasteiger partial charge < -0.3 is 14.6 Å². The molecular formula is C20H17NO6. The summed E-state index contributed by atoms with van der Waals surface area (Å²) in [6, 6.07) is 8.36. The Morgan fingerprint density at radius 1 is 1.07 bits per heavy atom. The molecule has 0 bridgehead atoms. The summed E-state index contributed by atoms with van der Waals surface area (Å²) in [6.45, 7) is 6.39. The predicted octanol–water partition coefficient (Wildman–Crippen LogP) is 3.25. The molecule has 7 heteroatoms.